The summed E-state index contributed by atoms with van der Waals surface area (Å²) < 4.78 is 0. The van der Waals surface area contributed by atoms with Crippen LogP contribution in [0.2, 0.25) is 0 Å². The molecule has 5 heteroatoms. The van der Waals surface area contributed by atoms with E-state index in [1.807, 2.05) is 31.2 Å². The summed E-state index contributed by atoms with van der Waals surface area (Å²) in [7, 11) is 0. The van der Waals surface area contributed by atoms with E-state index in [4.69, 9.17) is 0 Å². The fraction of sp³-hybridized carbons (Fsp3) is 0.0714. The zero-order chi connectivity index (χ0) is 13.2. The van der Waals surface area contributed by atoms with E-state index in [2.05, 4.69) is 20.5 Å². The molecule has 1 aromatic carbocycles. The average Bonchev–Trinajstić information content (AvgIpc) is 2.85. The van der Waals surface area contributed by atoms with E-state index in [0.29, 0.717) is 5.56 Å². The van der Waals surface area contributed by atoms with Crippen molar-refractivity contribution in [1.82, 2.24) is 15.2 Å². The van der Waals surface area contributed by atoms with Crippen molar-refractivity contribution in [2.45, 2.75) is 6.92 Å². The summed E-state index contributed by atoms with van der Waals surface area (Å²) in [5.74, 6) is -0.178. The number of pyridine rings is 1. The molecule has 3 aromatic rings. The number of amides is 1. The molecule has 3 rings (SSSR count). The maximum atomic E-state index is 12.1. The van der Waals surface area contributed by atoms with E-state index in [9.17, 15) is 4.79 Å². The Balaban J connectivity index is 1.98. The number of aromatic nitrogens is 3. The molecule has 0 bridgehead atoms. The summed E-state index contributed by atoms with van der Waals surface area (Å²) in [4.78, 5) is 16.2. The molecule has 5 nitrogen and oxygen atoms in total. The highest BCUT2D eigenvalue weighted by molar-refractivity contribution is 6.09. The minimum absolute atomic E-state index is 0.178. The van der Waals surface area contributed by atoms with Crippen molar-refractivity contribution in [3.8, 4) is 0 Å². The Hall–Kier alpha value is -2.69. The first kappa shape index (κ1) is 11.4. The van der Waals surface area contributed by atoms with Crippen LogP contribution in [-0.2, 0) is 0 Å². The molecular formula is C14H12N4O. The van der Waals surface area contributed by atoms with Crippen molar-refractivity contribution in [1.29, 1.82) is 0 Å². The van der Waals surface area contributed by atoms with Crippen LogP contribution in [0.4, 0.5) is 5.69 Å². The van der Waals surface area contributed by atoms with Crippen LogP contribution in [0.25, 0.3) is 10.8 Å². The highest BCUT2D eigenvalue weighted by atomic mass is 16.1. The van der Waals surface area contributed by atoms with Crippen molar-refractivity contribution >= 4 is 22.4 Å². The number of fused-ring (bicyclic) bond motifs is 1. The monoisotopic (exact) mass is 252 g/mol. The Morgan fingerprint density at radius 1 is 1.26 bits per heavy atom. The molecule has 19 heavy (non-hydrogen) atoms. The summed E-state index contributed by atoms with van der Waals surface area (Å²) >= 11 is 0. The lowest BCUT2D eigenvalue weighted by Crippen LogP contribution is -2.12. The standard InChI is InChI=1S/C14H12N4O/c1-9-11(8-16-18-9)14(19)17-13-4-2-3-10-5-6-15-7-12(10)13/h2-8H,1H3,(H,16,18)(H,17,19). The maximum Gasteiger partial charge on any atom is 0.259 e. The summed E-state index contributed by atoms with van der Waals surface area (Å²) in [6.07, 6.45) is 5.00. The van der Waals surface area contributed by atoms with Crippen molar-refractivity contribution in [3.05, 3.63) is 54.1 Å². The third-order valence-electron chi connectivity index (χ3n) is 3.01. The van der Waals surface area contributed by atoms with Gasteiger partial charge in [0.2, 0.25) is 0 Å². The number of aryl methyl sites for hydroxylation is 1. The SMILES string of the molecule is Cc1[nH]ncc1C(=O)Nc1cccc2ccncc12. The predicted molar refractivity (Wildman–Crippen MR) is 73.0 cm³/mol. The number of nitrogens with zero attached hydrogens (tertiary/aromatic N) is 2. The van der Waals surface area contributed by atoms with E-state index in [1.165, 1.54) is 6.20 Å². The molecular weight excluding hydrogens is 240 g/mol. The normalized spacial score (nSPS) is 10.6. The molecule has 2 aromatic heterocycles. The molecule has 2 heterocycles. The molecule has 0 aliphatic rings. The molecule has 0 spiro atoms. The lowest BCUT2D eigenvalue weighted by atomic mass is 10.1. The van der Waals surface area contributed by atoms with E-state index in [1.54, 1.807) is 12.4 Å². The number of H-pyrrole nitrogens is 1. The van der Waals surface area contributed by atoms with Gasteiger partial charge in [-0.05, 0) is 24.4 Å². The molecule has 1 amide bonds. The fourth-order valence-electron chi connectivity index (χ4n) is 1.99. The number of carbonyl (C=O) groups is 1. The van der Waals surface area contributed by atoms with E-state index in [-0.39, 0.29) is 5.91 Å². The van der Waals surface area contributed by atoms with Crippen LogP contribution < -0.4 is 5.32 Å². The Morgan fingerprint density at radius 2 is 2.16 bits per heavy atom. The van der Waals surface area contributed by atoms with Gasteiger partial charge < -0.3 is 5.32 Å². The van der Waals surface area contributed by atoms with Crippen LogP contribution in [0.1, 0.15) is 16.1 Å². The van der Waals surface area contributed by atoms with Crippen LogP contribution in [0, 0.1) is 6.92 Å². The van der Waals surface area contributed by atoms with Gasteiger partial charge in [0, 0.05) is 23.5 Å². The Kier molecular flexibility index (Phi) is 2.72. The zero-order valence-electron chi connectivity index (χ0n) is 10.3. The summed E-state index contributed by atoms with van der Waals surface area (Å²) in [6, 6.07) is 7.65. The van der Waals surface area contributed by atoms with Crippen molar-refractivity contribution in [2.24, 2.45) is 0 Å². The van der Waals surface area contributed by atoms with Crippen molar-refractivity contribution < 1.29 is 4.79 Å². The van der Waals surface area contributed by atoms with Gasteiger partial charge in [0.15, 0.2) is 0 Å². The number of carbonyl (C=O) groups excluding carboxylic acids is 1. The van der Waals surface area contributed by atoms with Gasteiger partial charge in [-0.15, -0.1) is 0 Å². The summed E-state index contributed by atoms with van der Waals surface area (Å²) in [5.41, 5.74) is 2.04. The number of hydrogen-bond donors (Lipinski definition) is 2. The second kappa shape index (κ2) is 4.53. The molecule has 0 atom stereocenters. The Labute approximate surface area is 109 Å². The molecule has 0 aliphatic carbocycles. The molecule has 0 saturated carbocycles. The molecule has 0 radical (unpaired) electrons. The van der Waals surface area contributed by atoms with Gasteiger partial charge in [-0.2, -0.15) is 5.10 Å². The van der Waals surface area contributed by atoms with E-state index >= 15 is 0 Å². The maximum absolute atomic E-state index is 12.1. The van der Waals surface area contributed by atoms with Crippen LogP contribution in [0.3, 0.4) is 0 Å². The first-order chi connectivity index (χ1) is 9.25. The second-order valence-electron chi connectivity index (χ2n) is 4.27. The smallest absolute Gasteiger partial charge is 0.259 e. The minimum Gasteiger partial charge on any atom is -0.321 e. The molecule has 0 unspecified atom stereocenters. The van der Waals surface area contributed by atoms with Gasteiger partial charge in [-0.25, -0.2) is 0 Å². The number of nitrogens with one attached hydrogen (secondary N) is 2. The lowest BCUT2D eigenvalue weighted by molar-refractivity contribution is 0.102. The number of benzene rings is 1. The quantitative estimate of drug-likeness (QED) is 0.736. The molecule has 2 N–H and O–H groups in total. The summed E-state index contributed by atoms with van der Waals surface area (Å²) in [5, 5.41) is 11.4. The lowest BCUT2D eigenvalue weighted by Gasteiger charge is -2.07. The van der Waals surface area contributed by atoms with E-state index < -0.39 is 0 Å². The van der Waals surface area contributed by atoms with Crippen LogP contribution in [-0.4, -0.2) is 21.1 Å². The number of aromatic amines is 1. The predicted octanol–water partition coefficient (Wildman–Crippen LogP) is 2.52. The van der Waals surface area contributed by atoms with E-state index in [0.717, 1.165) is 22.2 Å². The van der Waals surface area contributed by atoms with Gasteiger partial charge in [-0.1, -0.05) is 12.1 Å². The second-order valence-corrected chi connectivity index (χ2v) is 4.27. The number of hydrogen-bond acceptors (Lipinski definition) is 3. The zero-order valence-corrected chi connectivity index (χ0v) is 10.3. The molecule has 0 aliphatic heterocycles. The van der Waals surface area contributed by atoms with Gasteiger partial charge in [0.05, 0.1) is 17.4 Å². The first-order valence-electron chi connectivity index (χ1n) is 5.90. The van der Waals surface area contributed by atoms with Gasteiger partial charge in [0.1, 0.15) is 0 Å². The van der Waals surface area contributed by atoms with Gasteiger partial charge >= 0.3 is 0 Å². The van der Waals surface area contributed by atoms with Crippen molar-refractivity contribution in [2.75, 3.05) is 5.32 Å². The molecule has 0 fully saturated rings. The third kappa shape index (κ3) is 2.06. The highest BCUT2D eigenvalue weighted by Crippen LogP contribution is 2.22. The molecule has 94 valence electrons. The first-order valence-corrected chi connectivity index (χ1v) is 5.90. The molecule has 0 saturated heterocycles. The summed E-state index contributed by atoms with van der Waals surface area (Å²) in [6.45, 7) is 1.81. The Morgan fingerprint density at radius 3 is 2.95 bits per heavy atom. The highest BCUT2D eigenvalue weighted by Gasteiger charge is 2.12. The average molecular weight is 252 g/mol. The third-order valence-corrected chi connectivity index (χ3v) is 3.01. The van der Waals surface area contributed by atoms with Gasteiger partial charge in [-0.3, -0.25) is 14.9 Å². The van der Waals surface area contributed by atoms with Crippen molar-refractivity contribution in [3.63, 3.8) is 0 Å². The van der Waals surface area contributed by atoms with Crippen LogP contribution in [0.5, 0.6) is 0 Å². The van der Waals surface area contributed by atoms with Crippen LogP contribution in [0.15, 0.2) is 42.9 Å². The number of anilines is 1. The topological polar surface area (TPSA) is 70.7 Å². The fourth-order valence-corrected chi connectivity index (χ4v) is 1.99. The van der Waals surface area contributed by atoms with Gasteiger partial charge in [0.25, 0.3) is 5.91 Å². The minimum atomic E-state index is -0.178. The largest absolute Gasteiger partial charge is 0.321 e. The van der Waals surface area contributed by atoms with Crippen LogP contribution >= 0.6 is 0 Å². The number of rotatable bonds is 2. The Bertz CT molecular complexity index is 743.